The van der Waals surface area contributed by atoms with Crippen molar-refractivity contribution in [3.63, 3.8) is 0 Å². The Labute approximate surface area is 152 Å². The van der Waals surface area contributed by atoms with Gasteiger partial charge in [-0.15, -0.1) is 5.10 Å². The molecule has 4 rings (SSSR count). The van der Waals surface area contributed by atoms with E-state index in [1.807, 2.05) is 36.1 Å². The van der Waals surface area contributed by atoms with E-state index in [1.54, 1.807) is 12.4 Å². The summed E-state index contributed by atoms with van der Waals surface area (Å²) in [6, 6.07) is 7.64. The minimum absolute atomic E-state index is 0.0918. The van der Waals surface area contributed by atoms with Gasteiger partial charge in [-0.3, -0.25) is 9.88 Å². The zero-order valence-corrected chi connectivity index (χ0v) is 14.9. The summed E-state index contributed by atoms with van der Waals surface area (Å²) in [5.41, 5.74) is 0.916. The number of hydrogen-bond donors (Lipinski definition) is 0. The van der Waals surface area contributed by atoms with E-state index >= 15 is 0 Å². The Morgan fingerprint density at radius 2 is 1.81 bits per heavy atom. The zero-order valence-electron chi connectivity index (χ0n) is 14.9. The van der Waals surface area contributed by atoms with Crippen LogP contribution in [-0.2, 0) is 6.54 Å². The number of hydrogen-bond acceptors (Lipinski definition) is 5. The van der Waals surface area contributed by atoms with E-state index in [2.05, 4.69) is 20.1 Å². The van der Waals surface area contributed by atoms with Crippen LogP contribution in [0, 0.1) is 12.3 Å². The number of piperidine rings is 1. The van der Waals surface area contributed by atoms with Gasteiger partial charge in [-0.2, -0.15) is 5.10 Å². The first kappa shape index (κ1) is 17.3. The largest absolute Gasteiger partial charge is 0.354 e. The van der Waals surface area contributed by atoms with Gasteiger partial charge in [0.2, 0.25) is 0 Å². The molecular weight excluding hydrogens is 336 g/mol. The molecule has 7 heteroatoms. The number of halogens is 2. The summed E-state index contributed by atoms with van der Waals surface area (Å²) in [6.45, 7) is 4.29. The maximum Gasteiger partial charge on any atom is 0.257 e. The number of pyridine rings is 1. The molecule has 1 spiro atoms. The second-order valence-corrected chi connectivity index (χ2v) is 7.51. The van der Waals surface area contributed by atoms with E-state index in [1.165, 1.54) is 0 Å². The smallest absolute Gasteiger partial charge is 0.257 e. The fraction of sp³-hybridized carbons (Fsp3) is 0.526. The summed E-state index contributed by atoms with van der Waals surface area (Å²) in [5, 5.41) is 8.25. The lowest BCUT2D eigenvalue weighted by Crippen LogP contribution is -2.56. The third kappa shape index (κ3) is 3.16. The summed E-state index contributed by atoms with van der Waals surface area (Å²) >= 11 is 0. The van der Waals surface area contributed by atoms with Crippen LogP contribution in [0.15, 0.2) is 36.7 Å². The number of nitrogens with zero attached hydrogens (tertiary/aromatic N) is 5. The van der Waals surface area contributed by atoms with E-state index < -0.39 is 11.3 Å². The third-order valence-electron chi connectivity index (χ3n) is 5.66. The van der Waals surface area contributed by atoms with Gasteiger partial charge in [0.05, 0.1) is 11.1 Å². The standard InChI is InChI=1S/C19H23F2N5/c1-15-2-3-17(24-23-15)26-11-6-18(14-26)13-25(10-7-19(18,20)21)12-16-4-8-22-9-5-16/h2-5,8-9H,6-7,10-14H2,1H3/t18-/m1/s1. The van der Waals surface area contributed by atoms with E-state index in [0.717, 1.165) is 11.3 Å². The fourth-order valence-corrected chi connectivity index (χ4v) is 4.12. The van der Waals surface area contributed by atoms with E-state index in [0.29, 0.717) is 45.0 Å². The van der Waals surface area contributed by atoms with Crippen molar-refractivity contribution in [3.8, 4) is 0 Å². The van der Waals surface area contributed by atoms with Crippen LogP contribution in [-0.4, -0.2) is 52.2 Å². The van der Waals surface area contributed by atoms with Crippen molar-refractivity contribution in [2.45, 2.75) is 32.2 Å². The minimum atomic E-state index is -2.66. The zero-order chi connectivity index (χ0) is 18.2. The quantitative estimate of drug-likeness (QED) is 0.843. The van der Waals surface area contributed by atoms with Gasteiger partial charge in [0.15, 0.2) is 5.82 Å². The number of alkyl halides is 2. The van der Waals surface area contributed by atoms with E-state index in [4.69, 9.17) is 0 Å². The van der Waals surface area contributed by atoms with Crippen molar-refractivity contribution in [2.75, 3.05) is 31.1 Å². The van der Waals surface area contributed by atoms with Gasteiger partial charge < -0.3 is 4.90 Å². The van der Waals surface area contributed by atoms with Crippen LogP contribution in [0.2, 0.25) is 0 Å². The lowest BCUT2D eigenvalue weighted by molar-refractivity contribution is -0.158. The van der Waals surface area contributed by atoms with Crippen molar-refractivity contribution in [1.29, 1.82) is 0 Å². The molecule has 26 heavy (non-hydrogen) atoms. The molecule has 2 aromatic heterocycles. The van der Waals surface area contributed by atoms with Crippen molar-refractivity contribution >= 4 is 5.82 Å². The minimum Gasteiger partial charge on any atom is -0.354 e. The number of anilines is 1. The highest BCUT2D eigenvalue weighted by atomic mass is 19.3. The monoisotopic (exact) mass is 359 g/mol. The molecule has 0 unspecified atom stereocenters. The van der Waals surface area contributed by atoms with Gasteiger partial charge >= 0.3 is 0 Å². The molecule has 0 N–H and O–H groups in total. The highest BCUT2D eigenvalue weighted by molar-refractivity contribution is 5.40. The predicted molar refractivity (Wildman–Crippen MR) is 95.1 cm³/mol. The molecule has 0 radical (unpaired) electrons. The summed E-state index contributed by atoms with van der Waals surface area (Å²) in [7, 11) is 0. The van der Waals surface area contributed by atoms with Crippen molar-refractivity contribution in [1.82, 2.24) is 20.1 Å². The summed E-state index contributed by atoms with van der Waals surface area (Å²) < 4.78 is 29.9. The first-order valence-electron chi connectivity index (χ1n) is 9.02. The normalized spacial score (nSPS) is 25.7. The average Bonchev–Trinajstić information content (AvgIpc) is 3.06. The van der Waals surface area contributed by atoms with Gasteiger partial charge in [-0.1, -0.05) is 0 Å². The van der Waals surface area contributed by atoms with Crippen molar-refractivity contribution in [3.05, 3.63) is 47.9 Å². The van der Waals surface area contributed by atoms with Crippen LogP contribution < -0.4 is 4.90 Å². The van der Waals surface area contributed by atoms with Crippen LogP contribution in [0.3, 0.4) is 0 Å². The second-order valence-electron chi connectivity index (χ2n) is 7.51. The topological polar surface area (TPSA) is 45.2 Å². The molecule has 0 amide bonds. The lowest BCUT2D eigenvalue weighted by atomic mass is 9.75. The molecule has 0 aromatic carbocycles. The van der Waals surface area contributed by atoms with Crippen LogP contribution >= 0.6 is 0 Å². The first-order valence-corrected chi connectivity index (χ1v) is 9.02. The molecule has 2 aromatic rings. The number of aromatic nitrogens is 3. The number of aryl methyl sites for hydroxylation is 1. The van der Waals surface area contributed by atoms with E-state index in [9.17, 15) is 8.78 Å². The molecule has 2 aliphatic rings. The van der Waals surface area contributed by atoms with Crippen LogP contribution in [0.1, 0.15) is 24.1 Å². The fourth-order valence-electron chi connectivity index (χ4n) is 4.12. The molecule has 5 nitrogen and oxygen atoms in total. The Morgan fingerprint density at radius 3 is 2.54 bits per heavy atom. The molecule has 0 saturated carbocycles. The Hall–Kier alpha value is -2.15. The number of likely N-dealkylation sites (tertiary alicyclic amines) is 1. The molecule has 0 bridgehead atoms. The molecule has 2 fully saturated rings. The van der Waals surface area contributed by atoms with Gasteiger partial charge in [-0.25, -0.2) is 8.78 Å². The Kier molecular flexibility index (Phi) is 4.34. The molecular formula is C19H23F2N5. The SMILES string of the molecule is Cc1ccc(N2CC[C@@]3(CN(Cc4ccncc4)CCC3(F)F)C2)nn1. The summed E-state index contributed by atoms with van der Waals surface area (Å²) in [5.74, 6) is -1.97. The number of rotatable bonds is 3. The molecule has 138 valence electrons. The van der Waals surface area contributed by atoms with Gasteiger partial charge in [0.25, 0.3) is 5.92 Å². The summed E-state index contributed by atoms with van der Waals surface area (Å²) in [4.78, 5) is 8.13. The third-order valence-corrected chi connectivity index (χ3v) is 5.66. The van der Waals surface area contributed by atoms with Crippen LogP contribution in [0.5, 0.6) is 0 Å². The highest BCUT2D eigenvalue weighted by Gasteiger charge is 2.59. The molecule has 2 aliphatic heterocycles. The average molecular weight is 359 g/mol. The second kappa shape index (κ2) is 6.54. The maximum atomic E-state index is 14.9. The molecule has 2 saturated heterocycles. The maximum absolute atomic E-state index is 14.9. The Morgan fingerprint density at radius 1 is 1.00 bits per heavy atom. The molecule has 1 atom stereocenters. The molecule has 4 heterocycles. The van der Waals surface area contributed by atoms with Gasteiger partial charge in [-0.05, 0) is 43.2 Å². The predicted octanol–water partition coefficient (Wildman–Crippen LogP) is 2.92. The Bertz CT molecular complexity index is 752. The van der Waals surface area contributed by atoms with Crippen molar-refractivity contribution < 1.29 is 8.78 Å². The van der Waals surface area contributed by atoms with Crippen LogP contribution in [0.25, 0.3) is 0 Å². The Balaban J connectivity index is 1.52. The summed E-state index contributed by atoms with van der Waals surface area (Å²) in [6.07, 6.45) is 3.88. The van der Waals surface area contributed by atoms with Crippen molar-refractivity contribution in [2.24, 2.45) is 5.41 Å². The van der Waals surface area contributed by atoms with Gasteiger partial charge in [0.1, 0.15) is 0 Å². The van der Waals surface area contributed by atoms with E-state index in [-0.39, 0.29) is 6.42 Å². The lowest BCUT2D eigenvalue weighted by Gasteiger charge is -2.46. The molecule has 0 aliphatic carbocycles. The first-order chi connectivity index (χ1) is 12.5. The van der Waals surface area contributed by atoms with Gasteiger partial charge in [0, 0.05) is 51.5 Å². The highest BCUT2D eigenvalue weighted by Crippen LogP contribution is 2.50. The van der Waals surface area contributed by atoms with Crippen LogP contribution in [0.4, 0.5) is 14.6 Å².